The average Bonchev–Trinajstić information content (AvgIpc) is 3.76. The number of nitriles is 2. The van der Waals surface area contributed by atoms with E-state index in [1.807, 2.05) is 24.3 Å². The number of hydrogen-bond acceptors (Lipinski definition) is 2. The van der Waals surface area contributed by atoms with Gasteiger partial charge in [0.1, 0.15) is 0 Å². The first kappa shape index (κ1) is 44.3. The molecule has 0 radical (unpaired) electrons. The molecule has 7 aromatic carbocycles. The number of benzene rings is 7. The molecular weight excluding hydrogens is 801 g/mol. The molecule has 9 rings (SSSR count). The predicted octanol–water partition coefficient (Wildman–Crippen LogP) is 16.8. The first-order valence-corrected chi connectivity index (χ1v) is 23.4. The number of hydrogen-bond donors (Lipinski definition) is 0. The van der Waals surface area contributed by atoms with Gasteiger partial charge in [0.2, 0.25) is 0 Å². The Balaban J connectivity index is 1.62. The summed E-state index contributed by atoms with van der Waals surface area (Å²) >= 11 is 0. The Morgan fingerprint density at radius 2 is 0.727 bits per heavy atom. The lowest BCUT2D eigenvalue weighted by molar-refractivity contribution is 0.590. The molecular formula is C62H62N4. The quantitative estimate of drug-likeness (QED) is 0.177. The van der Waals surface area contributed by atoms with E-state index in [1.54, 1.807) is 0 Å². The fourth-order valence-electron chi connectivity index (χ4n) is 9.96. The lowest BCUT2D eigenvalue weighted by atomic mass is 9.86. The Labute approximate surface area is 391 Å². The zero-order valence-corrected chi connectivity index (χ0v) is 41.3. The molecule has 4 nitrogen and oxygen atoms in total. The minimum atomic E-state index is -0.118. The predicted molar refractivity (Wildman–Crippen MR) is 280 cm³/mol. The third kappa shape index (κ3) is 7.20. The molecule has 0 bridgehead atoms. The lowest BCUT2D eigenvalue weighted by Gasteiger charge is -2.26. The van der Waals surface area contributed by atoms with Gasteiger partial charge in [-0.25, -0.2) is 0 Å². The van der Waals surface area contributed by atoms with Crippen LogP contribution in [0.2, 0.25) is 0 Å². The molecule has 0 atom stereocenters. The summed E-state index contributed by atoms with van der Waals surface area (Å²) in [5.74, 6) is 0. The highest BCUT2D eigenvalue weighted by Gasteiger charge is 2.30. The average molecular weight is 863 g/mol. The smallest absolute Gasteiger partial charge is 0.0994 e. The second kappa shape index (κ2) is 15.4. The summed E-state index contributed by atoms with van der Waals surface area (Å²) in [6.45, 7) is 31.6. The van der Waals surface area contributed by atoms with Crippen LogP contribution in [0.15, 0.2) is 121 Å². The molecule has 0 aliphatic heterocycles. The third-order valence-corrected chi connectivity index (χ3v) is 14.1. The van der Waals surface area contributed by atoms with Gasteiger partial charge in [-0.1, -0.05) is 162 Å². The summed E-state index contributed by atoms with van der Waals surface area (Å²) in [7, 11) is 0. The molecule has 0 unspecified atom stereocenters. The van der Waals surface area contributed by atoms with Gasteiger partial charge in [0.05, 0.1) is 56.7 Å². The van der Waals surface area contributed by atoms with Crippen LogP contribution in [0.4, 0.5) is 0 Å². The van der Waals surface area contributed by atoms with Crippen molar-refractivity contribution in [3.05, 3.63) is 166 Å². The Kier molecular flexibility index (Phi) is 10.3. The zero-order valence-electron chi connectivity index (χ0n) is 41.3. The van der Waals surface area contributed by atoms with Gasteiger partial charge < -0.3 is 9.13 Å². The summed E-state index contributed by atoms with van der Waals surface area (Å²) in [4.78, 5) is 0. The van der Waals surface area contributed by atoms with E-state index < -0.39 is 0 Å². The van der Waals surface area contributed by atoms with Gasteiger partial charge in [-0.3, -0.25) is 0 Å². The van der Waals surface area contributed by atoms with E-state index in [0.29, 0.717) is 11.1 Å². The van der Waals surface area contributed by atoms with Crippen molar-refractivity contribution in [3.8, 4) is 45.8 Å². The third-order valence-electron chi connectivity index (χ3n) is 14.1. The highest BCUT2D eigenvalue weighted by Crippen LogP contribution is 2.49. The van der Waals surface area contributed by atoms with Crippen LogP contribution in [0.3, 0.4) is 0 Å². The van der Waals surface area contributed by atoms with Crippen LogP contribution >= 0.6 is 0 Å². The van der Waals surface area contributed by atoms with Crippen molar-refractivity contribution in [1.29, 1.82) is 10.5 Å². The van der Waals surface area contributed by atoms with Gasteiger partial charge in [-0.05, 0) is 122 Å². The van der Waals surface area contributed by atoms with Crippen LogP contribution in [0.5, 0.6) is 0 Å². The fraction of sp³-hybridized carbons (Fsp3) is 0.290. The highest BCUT2D eigenvalue weighted by atomic mass is 15.0. The molecule has 0 N–H and O–H groups in total. The maximum Gasteiger partial charge on any atom is 0.0994 e. The second-order valence-electron chi connectivity index (χ2n) is 22.6. The number of aromatic nitrogens is 2. The van der Waals surface area contributed by atoms with Gasteiger partial charge in [-0.2, -0.15) is 10.5 Å². The molecule has 0 saturated carbocycles. The van der Waals surface area contributed by atoms with E-state index in [-0.39, 0.29) is 21.7 Å². The number of rotatable bonds is 4. The van der Waals surface area contributed by atoms with E-state index in [4.69, 9.17) is 0 Å². The van der Waals surface area contributed by atoms with Crippen molar-refractivity contribution in [2.24, 2.45) is 0 Å². The van der Waals surface area contributed by atoms with Crippen molar-refractivity contribution in [2.45, 2.75) is 119 Å². The lowest BCUT2D eigenvalue weighted by Crippen LogP contribution is -2.13. The topological polar surface area (TPSA) is 57.4 Å². The molecule has 0 spiro atoms. The summed E-state index contributed by atoms with van der Waals surface area (Å²) in [6.07, 6.45) is 0. The standard InChI is InChI=1S/C62H62N4/c1-37-39(35-63)17-15-19-45(37)51-29-30-52(65-53-31-41(59(3,4)5)21-25-47(53)48-26-22-42(32-54(48)65)60(6,7)8)57(46-20-16-18-40(36-64)38(46)2)58(51)66-55-33-43(61(9,10)11)23-27-49(55)50-28-24-44(34-56(50)66)62(12,13)14/h15-34H,1-14H3. The maximum atomic E-state index is 10.7. The number of fused-ring (bicyclic) bond motifs is 6. The molecule has 0 fully saturated rings. The van der Waals surface area contributed by atoms with Crippen molar-refractivity contribution < 1.29 is 0 Å². The molecule has 2 heterocycles. The van der Waals surface area contributed by atoms with Crippen LogP contribution in [-0.2, 0) is 21.7 Å². The van der Waals surface area contributed by atoms with Gasteiger partial charge in [-0.15, -0.1) is 0 Å². The first-order chi connectivity index (χ1) is 31.0. The molecule has 9 aromatic rings. The van der Waals surface area contributed by atoms with E-state index >= 15 is 0 Å². The van der Waals surface area contributed by atoms with E-state index in [0.717, 1.165) is 66.8 Å². The van der Waals surface area contributed by atoms with Crippen LogP contribution in [0.25, 0.3) is 77.2 Å². The zero-order chi connectivity index (χ0) is 47.4. The highest BCUT2D eigenvalue weighted by molar-refractivity contribution is 6.13. The Bertz CT molecular complexity index is 3400. The van der Waals surface area contributed by atoms with Gasteiger partial charge >= 0.3 is 0 Å². The van der Waals surface area contributed by atoms with Gasteiger partial charge in [0, 0.05) is 32.7 Å². The molecule has 0 aliphatic carbocycles. The van der Waals surface area contributed by atoms with E-state index in [1.165, 1.54) is 43.8 Å². The van der Waals surface area contributed by atoms with Crippen LogP contribution in [0.1, 0.15) is 128 Å². The van der Waals surface area contributed by atoms with E-state index in [9.17, 15) is 10.5 Å². The number of nitrogens with zero attached hydrogens (tertiary/aromatic N) is 4. The molecule has 4 heteroatoms. The molecule has 0 aliphatic rings. The Morgan fingerprint density at radius 1 is 0.379 bits per heavy atom. The summed E-state index contributed by atoms with van der Waals surface area (Å²) in [6, 6.07) is 49.9. The summed E-state index contributed by atoms with van der Waals surface area (Å²) < 4.78 is 5.03. The molecule has 2 aromatic heterocycles. The summed E-state index contributed by atoms with van der Waals surface area (Å²) in [5, 5.41) is 26.0. The molecule has 66 heavy (non-hydrogen) atoms. The minimum absolute atomic E-state index is 0.0939. The normalized spacial score (nSPS) is 12.7. The van der Waals surface area contributed by atoms with Crippen molar-refractivity contribution in [1.82, 2.24) is 9.13 Å². The van der Waals surface area contributed by atoms with Crippen LogP contribution < -0.4 is 0 Å². The second-order valence-corrected chi connectivity index (χ2v) is 22.6. The molecule has 0 saturated heterocycles. The van der Waals surface area contributed by atoms with Gasteiger partial charge in [0.25, 0.3) is 0 Å². The van der Waals surface area contributed by atoms with Crippen LogP contribution in [0, 0.1) is 36.5 Å². The van der Waals surface area contributed by atoms with Crippen molar-refractivity contribution in [3.63, 3.8) is 0 Å². The van der Waals surface area contributed by atoms with Crippen LogP contribution in [-0.4, -0.2) is 9.13 Å². The Morgan fingerprint density at radius 3 is 1.09 bits per heavy atom. The van der Waals surface area contributed by atoms with Crippen molar-refractivity contribution in [2.75, 3.05) is 0 Å². The largest absolute Gasteiger partial charge is 0.309 e. The van der Waals surface area contributed by atoms with Crippen molar-refractivity contribution >= 4 is 43.6 Å². The Hall–Kier alpha value is -6.88. The first-order valence-electron chi connectivity index (χ1n) is 23.4. The fourth-order valence-corrected chi connectivity index (χ4v) is 9.96. The van der Waals surface area contributed by atoms with Gasteiger partial charge in [0.15, 0.2) is 0 Å². The molecule has 330 valence electrons. The molecule has 0 amide bonds. The minimum Gasteiger partial charge on any atom is -0.309 e. The monoisotopic (exact) mass is 862 g/mol. The summed E-state index contributed by atoms with van der Waals surface area (Å²) in [5.41, 5.74) is 18.2. The SMILES string of the molecule is Cc1c(C#N)cccc1-c1ccc(-n2c3cc(C(C)(C)C)ccc3c3ccc(C(C)(C)C)cc32)c(-c2cccc(C#N)c2C)c1-n1c2cc(C(C)(C)C)ccc2c2ccc(C(C)(C)C)cc21. The van der Waals surface area contributed by atoms with E-state index in [2.05, 4.69) is 215 Å². The maximum absolute atomic E-state index is 10.7.